The summed E-state index contributed by atoms with van der Waals surface area (Å²) in [6.07, 6.45) is 0. The third-order valence-electron chi connectivity index (χ3n) is 4.71. The van der Waals surface area contributed by atoms with E-state index in [1.807, 2.05) is 48.2 Å². The lowest BCUT2D eigenvalue weighted by Crippen LogP contribution is -2.50. The number of hydrogen-bond donors (Lipinski definition) is 2. The molecule has 1 aliphatic rings. The van der Waals surface area contributed by atoms with Gasteiger partial charge in [0.25, 0.3) is 0 Å². The Morgan fingerprint density at radius 2 is 1.96 bits per heavy atom. The molecule has 8 heteroatoms. The van der Waals surface area contributed by atoms with Crippen LogP contribution in [-0.4, -0.2) is 59.4 Å². The molecule has 2 aromatic heterocycles. The normalized spacial score (nSPS) is 14.4. The molecule has 0 radical (unpaired) electrons. The summed E-state index contributed by atoms with van der Waals surface area (Å²) in [4.78, 5) is 21.0. The third-order valence-corrected chi connectivity index (χ3v) is 4.71. The molecule has 0 saturated carbocycles. The topological polar surface area (TPSA) is 86.4 Å². The summed E-state index contributed by atoms with van der Waals surface area (Å²) in [5.74, 6) is 1.51. The molecule has 2 amide bonds. The molecule has 0 aliphatic carbocycles. The first-order chi connectivity index (χ1) is 13.1. The van der Waals surface area contributed by atoms with Gasteiger partial charge < -0.3 is 19.9 Å². The van der Waals surface area contributed by atoms with E-state index in [9.17, 15) is 4.79 Å². The minimum atomic E-state index is -0.0892. The molecular formula is C19H22N6O2. The smallest absolute Gasteiger partial charge is 0.321 e. The van der Waals surface area contributed by atoms with Crippen molar-refractivity contribution in [1.82, 2.24) is 20.1 Å². The Labute approximate surface area is 157 Å². The van der Waals surface area contributed by atoms with Gasteiger partial charge in [0.2, 0.25) is 5.88 Å². The Hall–Kier alpha value is -3.29. The Morgan fingerprint density at radius 1 is 1.15 bits per heavy atom. The predicted molar refractivity (Wildman–Crippen MR) is 104 cm³/mol. The number of fused-ring (bicyclic) bond motifs is 1. The van der Waals surface area contributed by atoms with Gasteiger partial charge in [0.05, 0.1) is 12.6 Å². The van der Waals surface area contributed by atoms with Crippen LogP contribution in [0.25, 0.3) is 10.9 Å². The van der Waals surface area contributed by atoms with Crippen LogP contribution in [0.1, 0.15) is 5.69 Å². The monoisotopic (exact) mass is 366 g/mol. The molecule has 8 nitrogen and oxygen atoms in total. The van der Waals surface area contributed by atoms with Crippen molar-refractivity contribution in [2.75, 3.05) is 43.5 Å². The zero-order chi connectivity index (χ0) is 18.8. The second-order valence-corrected chi connectivity index (χ2v) is 6.57. The molecule has 1 aromatic carbocycles. The zero-order valence-electron chi connectivity index (χ0n) is 15.4. The van der Waals surface area contributed by atoms with Crippen molar-refractivity contribution >= 4 is 28.4 Å². The summed E-state index contributed by atoms with van der Waals surface area (Å²) < 4.78 is 5.14. The van der Waals surface area contributed by atoms with Gasteiger partial charge >= 0.3 is 6.03 Å². The minimum absolute atomic E-state index is 0.0892. The van der Waals surface area contributed by atoms with Crippen molar-refractivity contribution in [3.05, 3.63) is 42.1 Å². The molecule has 140 valence electrons. The lowest BCUT2D eigenvalue weighted by molar-refractivity contribution is 0.208. The largest absolute Gasteiger partial charge is 0.481 e. The number of urea groups is 1. The van der Waals surface area contributed by atoms with E-state index >= 15 is 0 Å². The summed E-state index contributed by atoms with van der Waals surface area (Å²) in [7, 11) is 1.59. The molecule has 3 aromatic rings. The average molecular weight is 366 g/mol. The zero-order valence-corrected chi connectivity index (χ0v) is 15.4. The number of carbonyl (C=O) groups is 1. The van der Waals surface area contributed by atoms with Gasteiger partial charge in [0, 0.05) is 55.1 Å². The number of amides is 2. The summed E-state index contributed by atoms with van der Waals surface area (Å²) in [5.41, 5.74) is 2.62. The second kappa shape index (κ2) is 7.14. The van der Waals surface area contributed by atoms with Crippen molar-refractivity contribution < 1.29 is 9.53 Å². The van der Waals surface area contributed by atoms with E-state index in [1.165, 1.54) is 0 Å². The Balaban J connectivity index is 1.38. The fourth-order valence-corrected chi connectivity index (χ4v) is 3.21. The lowest BCUT2D eigenvalue weighted by atomic mass is 10.2. The number of anilines is 2. The van der Waals surface area contributed by atoms with E-state index in [0.717, 1.165) is 41.2 Å². The Bertz CT molecular complexity index is 962. The van der Waals surface area contributed by atoms with Crippen molar-refractivity contribution in [2.45, 2.75) is 6.92 Å². The number of aromatic nitrogens is 3. The Kier molecular flexibility index (Phi) is 4.53. The number of aromatic amines is 1. The predicted octanol–water partition coefficient (Wildman–Crippen LogP) is 2.63. The van der Waals surface area contributed by atoms with Gasteiger partial charge in [0.1, 0.15) is 0 Å². The summed E-state index contributed by atoms with van der Waals surface area (Å²) >= 11 is 0. The molecule has 2 N–H and O–H groups in total. The number of pyridine rings is 1. The standard InChI is InChI=1S/C19H22N6O2/c1-13-11-17(23-22-13)24-7-9-25(10-8-24)19(26)20-15-4-5-16-14(12-15)3-6-18(21-16)27-2/h3-6,11-12H,7-10H2,1-2H3,(H,20,26)(H,22,23). The lowest BCUT2D eigenvalue weighted by Gasteiger charge is -2.34. The molecule has 4 rings (SSSR count). The molecule has 1 fully saturated rings. The number of aryl methyl sites for hydroxylation is 1. The van der Waals surface area contributed by atoms with Crippen LogP contribution in [-0.2, 0) is 0 Å². The highest BCUT2D eigenvalue weighted by Crippen LogP contribution is 2.21. The van der Waals surface area contributed by atoms with Crippen molar-refractivity contribution in [2.24, 2.45) is 0 Å². The summed E-state index contributed by atoms with van der Waals surface area (Å²) in [5, 5.41) is 11.2. The van der Waals surface area contributed by atoms with Gasteiger partial charge in [-0.05, 0) is 31.2 Å². The maximum Gasteiger partial charge on any atom is 0.321 e. The highest BCUT2D eigenvalue weighted by Gasteiger charge is 2.22. The molecule has 1 aliphatic heterocycles. The van der Waals surface area contributed by atoms with Crippen LogP contribution in [0.15, 0.2) is 36.4 Å². The quantitative estimate of drug-likeness (QED) is 0.744. The van der Waals surface area contributed by atoms with Crippen molar-refractivity contribution in [1.29, 1.82) is 0 Å². The first-order valence-corrected chi connectivity index (χ1v) is 8.90. The molecule has 0 atom stereocenters. The maximum atomic E-state index is 12.6. The number of carbonyl (C=O) groups excluding carboxylic acids is 1. The number of ether oxygens (including phenoxy) is 1. The highest BCUT2D eigenvalue weighted by molar-refractivity contribution is 5.92. The summed E-state index contributed by atoms with van der Waals surface area (Å²) in [6, 6.07) is 11.3. The molecule has 0 unspecified atom stereocenters. The minimum Gasteiger partial charge on any atom is -0.481 e. The van der Waals surface area contributed by atoms with Gasteiger partial charge in [-0.2, -0.15) is 5.10 Å². The fraction of sp³-hybridized carbons (Fsp3) is 0.316. The van der Waals surface area contributed by atoms with Crippen LogP contribution < -0.4 is 15.0 Å². The molecule has 0 spiro atoms. The van der Waals surface area contributed by atoms with Crippen molar-refractivity contribution in [3.8, 4) is 5.88 Å². The molecule has 0 bridgehead atoms. The number of piperazine rings is 1. The number of benzene rings is 1. The van der Waals surface area contributed by atoms with E-state index in [0.29, 0.717) is 19.0 Å². The van der Waals surface area contributed by atoms with Gasteiger partial charge in [-0.3, -0.25) is 5.10 Å². The van der Waals surface area contributed by atoms with Crippen molar-refractivity contribution in [3.63, 3.8) is 0 Å². The van der Waals surface area contributed by atoms with Gasteiger partial charge in [-0.25, -0.2) is 9.78 Å². The maximum absolute atomic E-state index is 12.6. The first kappa shape index (κ1) is 17.1. The number of rotatable bonds is 3. The van der Waals surface area contributed by atoms with Crippen LogP contribution in [0.3, 0.4) is 0 Å². The fourth-order valence-electron chi connectivity index (χ4n) is 3.21. The van der Waals surface area contributed by atoms with Gasteiger partial charge in [-0.1, -0.05) is 0 Å². The van der Waals surface area contributed by atoms with E-state index in [1.54, 1.807) is 7.11 Å². The number of methoxy groups -OCH3 is 1. The average Bonchev–Trinajstić information content (AvgIpc) is 3.14. The molecule has 1 saturated heterocycles. The van der Waals surface area contributed by atoms with Crippen LogP contribution in [0, 0.1) is 6.92 Å². The first-order valence-electron chi connectivity index (χ1n) is 8.90. The number of hydrogen-bond acceptors (Lipinski definition) is 5. The SMILES string of the molecule is COc1ccc2cc(NC(=O)N3CCN(c4cc(C)[nH]n4)CC3)ccc2n1. The van der Waals surface area contributed by atoms with E-state index in [-0.39, 0.29) is 6.03 Å². The van der Waals surface area contributed by atoms with Gasteiger partial charge in [0.15, 0.2) is 5.82 Å². The van der Waals surface area contributed by atoms with Crippen LogP contribution in [0.2, 0.25) is 0 Å². The number of H-pyrrole nitrogens is 1. The highest BCUT2D eigenvalue weighted by atomic mass is 16.5. The van der Waals surface area contributed by atoms with E-state index < -0.39 is 0 Å². The van der Waals surface area contributed by atoms with Crippen LogP contribution in [0.5, 0.6) is 5.88 Å². The molecular weight excluding hydrogens is 344 g/mol. The van der Waals surface area contributed by atoms with Crippen LogP contribution >= 0.6 is 0 Å². The second-order valence-electron chi connectivity index (χ2n) is 6.57. The molecule has 3 heterocycles. The van der Waals surface area contributed by atoms with E-state index in [2.05, 4.69) is 25.4 Å². The van der Waals surface area contributed by atoms with Crippen LogP contribution in [0.4, 0.5) is 16.3 Å². The molecule has 27 heavy (non-hydrogen) atoms. The number of nitrogens with one attached hydrogen (secondary N) is 2. The third kappa shape index (κ3) is 3.64. The number of nitrogens with zero attached hydrogens (tertiary/aromatic N) is 4. The summed E-state index contributed by atoms with van der Waals surface area (Å²) in [6.45, 7) is 4.82. The van der Waals surface area contributed by atoms with Gasteiger partial charge in [-0.15, -0.1) is 0 Å². The van der Waals surface area contributed by atoms with E-state index in [4.69, 9.17) is 4.74 Å². The Morgan fingerprint density at radius 3 is 2.67 bits per heavy atom.